The molecule has 0 aliphatic heterocycles. The lowest BCUT2D eigenvalue weighted by molar-refractivity contribution is -0.936. The van der Waals surface area contributed by atoms with Crippen LogP contribution in [-0.2, 0) is 15.7 Å². The molecule has 0 spiro atoms. The van der Waals surface area contributed by atoms with Gasteiger partial charge in [0.15, 0.2) is 0 Å². The maximum absolute atomic E-state index is 9.05. The normalized spacial score (nSPS) is 11.6. The number of hydrogen-bond donors (Lipinski definition) is 2. The molecule has 0 saturated carbocycles. The highest BCUT2D eigenvalue weighted by Crippen LogP contribution is 2.13. The summed E-state index contributed by atoms with van der Waals surface area (Å²) in [6.45, 7) is 11.7. The summed E-state index contributed by atoms with van der Waals surface area (Å²) >= 11 is 2.65. The fraction of sp³-hybridized carbons (Fsp3) is 0.538. The third kappa shape index (κ3) is 9.04. The third-order valence-corrected chi connectivity index (χ3v) is 3.37. The van der Waals surface area contributed by atoms with Crippen molar-refractivity contribution < 1.29 is 17.5 Å². The molecule has 0 bridgehead atoms. The summed E-state index contributed by atoms with van der Waals surface area (Å²) in [7, 11) is -3.97. The van der Waals surface area contributed by atoms with E-state index in [4.69, 9.17) is 13.0 Å². The van der Waals surface area contributed by atoms with E-state index in [1.807, 2.05) is 0 Å². The van der Waals surface area contributed by atoms with Gasteiger partial charge in [-0.15, -0.1) is 0 Å². The molecule has 0 radical (unpaired) electrons. The van der Waals surface area contributed by atoms with E-state index in [0.29, 0.717) is 0 Å². The lowest BCUT2D eigenvalue weighted by atomic mass is 10.2. The average molecular weight is 306 g/mol. The topological polar surface area (TPSA) is 54.4 Å². The lowest BCUT2D eigenvalue weighted by Gasteiger charge is -2.35. The van der Waals surface area contributed by atoms with Crippen LogP contribution in [0.5, 0.6) is 0 Å². The number of benzene rings is 1. The Balaban J connectivity index is 0.000000555. The van der Waals surface area contributed by atoms with E-state index in [0.717, 1.165) is 0 Å². The van der Waals surface area contributed by atoms with Crippen LogP contribution in [0.1, 0.15) is 26.3 Å². The molecule has 110 valence electrons. The zero-order valence-corrected chi connectivity index (χ0v) is 13.5. The van der Waals surface area contributed by atoms with Crippen molar-refractivity contribution in [3.05, 3.63) is 35.9 Å². The first-order valence-corrected chi connectivity index (χ1v) is 8.84. The van der Waals surface area contributed by atoms with Crippen LogP contribution in [0.2, 0.25) is 0 Å². The largest absolute Gasteiger partial charge is 0.321 e. The molecule has 0 aliphatic rings. The van der Waals surface area contributed by atoms with Crippen LogP contribution in [0, 0.1) is 0 Å². The SMILES string of the molecule is CC[N+](CC)(CC)Cc1ccccc1.O=S(=O)(O)S. The summed E-state index contributed by atoms with van der Waals surface area (Å²) in [5, 5.41) is 0. The van der Waals surface area contributed by atoms with E-state index >= 15 is 0 Å². The minimum atomic E-state index is -3.97. The van der Waals surface area contributed by atoms with E-state index in [9.17, 15) is 0 Å². The van der Waals surface area contributed by atoms with Gasteiger partial charge in [-0.05, 0) is 32.4 Å². The maximum atomic E-state index is 9.05. The molecule has 6 heteroatoms. The minimum absolute atomic E-state index is 1.17. The van der Waals surface area contributed by atoms with Crippen LogP contribution in [0.25, 0.3) is 0 Å². The standard InChI is InChI=1S/C13H22N.H2O3S2/c1-4-14(5-2,6-3)12-13-10-8-7-9-11-13;1-5(2,3)4/h7-11H,4-6,12H2,1-3H3;(H2,1,2,3,4)/q+1;. The van der Waals surface area contributed by atoms with Crippen molar-refractivity contribution >= 4 is 20.8 Å². The molecule has 1 rings (SSSR count). The van der Waals surface area contributed by atoms with Gasteiger partial charge in [-0.2, -0.15) is 8.42 Å². The molecule has 0 amide bonds. The number of quaternary nitrogens is 1. The highest BCUT2D eigenvalue weighted by Gasteiger charge is 2.20. The quantitative estimate of drug-likeness (QED) is 0.381. The fourth-order valence-electron chi connectivity index (χ4n) is 1.98. The van der Waals surface area contributed by atoms with Gasteiger partial charge in [0.2, 0.25) is 0 Å². The van der Waals surface area contributed by atoms with Gasteiger partial charge in [0.25, 0.3) is 0 Å². The van der Waals surface area contributed by atoms with Crippen molar-refractivity contribution in [3.8, 4) is 0 Å². The summed E-state index contributed by atoms with van der Waals surface area (Å²) in [6, 6.07) is 10.8. The van der Waals surface area contributed by atoms with E-state index < -0.39 is 9.15 Å². The van der Waals surface area contributed by atoms with Gasteiger partial charge in [0.1, 0.15) is 6.54 Å². The summed E-state index contributed by atoms with van der Waals surface area (Å²) in [4.78, 5) is 0. The Morgan fingerprint density at radius 3 is 1.74 bits per heavy atom. The molecule has 0 atom stereocenters. The molecule has 19 heavy (non-hydrogen) atoms. The molecule has 0 aliphatic carbocycles. The van der Waals surface area contributed by atoms with Gasteiger partial charge in [-0.25, -0.2) is 0 Å². The lowest BCUT2D eigenvalue weighted by Crippen LogP contribution is -2.46. The first-order chi connectivity index (χ1) is 8.76. The number of hydrogen-bond acceptors (Lipinski definition) is 2. The van der Waals surface area contributed by atoms with Crippen LogP contribution in [-0.4, -0.2) is 37.1 Å². The molecule has 4 nitrogen and oxygen atoms in total. The van der Waals surface area contributed by atoms with Crippen molar-refractivity contribution in [3.63, 3.8) is 0 Å². The smallest absolute Gasteiger partial charge is 0.316 e. The van der Waals surface area contributed by atoms with E-state index in [1.54, 1.807) is 0 Å². The van der Waals surface area contributed by atoms with E-state index in [-0.39, 0.29) is 0 Å². The average Bonchev–Trinajstić information content (AvgIpc) is 2.35. The Morgan fingerprint density at radius 2 is 1.42 bits per heavy atom. The molecule has 0 unspecified atom stereocenters. The van der Waals surface area contributed by atoms with Crippen LogP contribution in [0.4, 0.5) is 0 Å². The number of thiol groups is 1. The monoisotopic (exact) mass is 306 g/mol. The predicted octanol–water partition coefficient (Wildman–Crippen LogP) is 2.78. The molecule has 1 aromatic carbocycles. The van der Waals surface area contributed by atoms with Crippen LogP contribution >= 0.6 is 11.7 Å². The highest BCUT2D eigenvalue weighted by atomic mass is 33.1. The van der Waals surface area contributed by atoms with E-state index in [1.165, 1.54) is 36.2 Å². The van der Waals surface area contributed by atoms with Crippen molar-refractivity contribution in [1.82, 2.24) is 0 Å². The summed E-state index contributed by atoms with van der Waals surface area (Å²) in [5.74, 6) is 0. The summed E-state index contributed by atoms with van der Waals surface area (Å²) < 4.78 is 26.7. The molecule has 0 fully saturated rings. The van der Waals surface area contributed by atoms with Gasteiger partial charge in [-0.3, -0.25) is 4.55 Å². The van der Waals surface area contributed by atoms with E-state index in [2.05, 4.69) is 62.8 Å². The molecule has 1 aromatic rings. The van der Waals surface area contributed by atoms with Crippen molar-refractivity contribution in [2.24, 2.45) is 0 Å². The second kappa shape index (κ2) is 8.58. The first kappa shape index (κ1) is 18.4. The van der Waals surface area contributed by atoms with Crippen molar-refractivity contribution in [2.75, 3.05) is 19.6 Å². The predicted molar refractivity (Wildman–Crippen MR) is 82.6 cm³/mol. The second-order valence-electron chi connectivity index (χ2n) is 4.38. The van der Waals surface area contributed by atoms with Crippen molar-refractivity contribution in [2.45, 2.75) is 27.3 Å². The van der Waals surface area contributed by atoms with Gasteiger partial charge in [0, 0.05) is 5.56 Å². The highest BCUT2D eigenvalue weighted by molar-refractivity contribution is 8.61. The van der Waals surface area contributed by atoms with Gasteiger partial charge in [0.05, 0.1) is 19.6 Å². The van der Waals surface area contributed by atoms with Gasteiger partial charge < -0.3 is 4.48 Å². The Labute approximate surface area is 121 Å². The van der Waals surface area contributed by atoms with Gasteiger partial charge in [-0.1, -0.05) is 30.3 Å². The van der Waals surface area contributed by atoms with Crippen LogP contribution in [0.3, 0.4) is 0 Å². The molecular weight excluding hydrogens is 282 g/mol. The van der Waals surface area contributed by atoms with Crippen LogP contribution < -0.4 is 0 Å². The Hall–Kier alpha value is -0.560. The Kier molecular flexibility index (Phi) is 8.33. The first-order valence-electron chi connectivity index (χ1n) is 6.35. The maximum Gasteiger partial charge on any atom is 0.316 e. The Morgan fingerprint density at radius 1 is 1.05 bits per heavy atom. The van der Waals surface area contributed by atoms with Crippen LogP contribution in [0.15, 0.2) is 30.3 Å². The number of rotatable bonds is 5. The van der Waals surface area contributed by atoms with Crippen molar-refractivity contribution in [1.29, 1.82) is 0 Å². The zero-order chi connectivity index (χ0) is 14.9. The fourth-order valence-corrected chi connectivity index (χ4v) is 1.98. The molecular formula is C13H24NO3S2+. The molecule has 0 saturated heterocycles. The zero-order valence-electron chi connectivity index (χ0n) is 11.8. The third-order valence-electron chi connectivity index (χ3n) is 3.37. The Bertz CT molecular complexity index is 426. The molecule has 0 heterocycles. The second-order valence-corrected chi connectivity index (χ2v) is 6.66. The molecule has 1 N–H and O–H groups in total. The molecule has 0 aromatic heterocycles. The van der Waals surface area contributed by atoms with Gasteiger partial charge >= 0.3 is 9.15 Å². The summed E-state index contributed by atoms with van der Waals surface area (Å²) in [6.07, 6.45) is 0. The number of nitrogens with zero attached hydrogens (tertiary/aromatic N) is 1. The minimum Gasteiger partial charge on any atom is -0.321 e. The summed E-state index contributed by atoms with van der Waals surface area (Å²) in [5.41, 5.74) is 1.46.